The van der Waals surface area contributed by atoms with E-state index in [1.807, 2.05) is 45.2 Å². The molecule has 6 heteroatoms. The first-order chi connectivity index (χ1) is 10.2. The summed E-state index contributed by atoms with van der Waals surface area (Å²) in [5.74, 6) is -0.492. The molecule has 0 aliphatic carbocycles. The summed E-state index contributed by atoms with van der Waals surface area (Å²) in [6, 6.07) is 5.69. The largest absolute Gasteiger partial charge is 0.459 e. The second kappa shape index (κ2) is 6.12. The molecule has 22 heavy (non-hydrogen) atoms. The Hall–Kier alpha value is -1.82. The molecule has 1 heterocycles. The fourth-order valence-electron chi connectivity index (χ4n) is 2.24. The molecule has 0 N–H and O–H groups in total. The summed E-state index contributed by atoms with van der Waals surface area (Å²) in [4.78, 5) is 24.8. The minimum absolute atomic E-state index is 0.0153. The topological polar surface area (TPSA) is 61.2 Å². The number of para-hydroxylation sites is 1. The highest BCUT2D eigenvalue weighted by molar-refractivity contribution is 7.98. The summed E-state index contributed by atoms with van der Waals surface area (Å²) in [6.07, 6.45) is 1.95. The zero-order valence-corrected chi connectivity index (χ0v) is 14.3. The van der Waals surface area contributed by atoms with Crippen molar-refractivity contribution in [3.05, 3.63) is 23.9 Å². The Morgan fingerprint density at radius 2 is 2.00 bits per heavy atom. The van der Waals surface area contributed by atoms with E-state index in [0.29, 0.717) is 5.69 Å². The number of aromatic nitrogens is 2. The zero-order chi connectivity index (χ0) is 16.5. The van der Waals surface area contributed by atoms with Gasteiger partial charge in [-0.15, -0.1) is 11.8 Å². The van der Waals surface area contributed by atoms with Crippen LogP contribution in [0, 0.1) is 0 Å². The molecular weight excluding hydrogens is 300 g/mol. The average Bonchev–Trinajstić information content (AvgIpc) is 2.75. The van der Waals surface area contributed by atoms with Gasteiger partial charge in [-0.3, -0.25) is 14.3 Å². The summed E-state index contributed by atoms with van der Waals surface area (Å²) in [5, 5.41) is 5.09. The average molecular weight is 320 g/mol. The van der Waals surface area contributed by atoms with Gasteiger partial charge in [-0.05, 0) is 33.1 Å². The molecule has 1 aromatic heterocycles. The highest BCUT2D eigenvalue weighted by atomic mass is 32.2. The van der Waals surface area contributed by atoms with Crippen LogP contribution in [0.3, 0.4) is 0 Å². The maximum absolute atomic E-state index is 12.1. The van der Waals surface area contributed by atoms with Crippen LogP contribution in [0.1, 0.15) is 38.2 Å². The third-order valence-electron chi connectivity index (χ3n) is 2.99. The standard InChI is InChI=1S/C16H20N2O3S/c1-10(19)14-11-7-6-8-12(22-5)15(11)18(17-14)9-13(20)21-16(2,3)4/h6-8H,9H2,1-5H3. The molecule has 0 saturated carbocycles. The van der Waals surface area contributed by atoms with Gasteiger partial charge in [0, 0.05) is 17.2 Å². The normalized spacial score (nSPS) is 11.7. The van der Waals surface area contributed by atoms with E-state index in [2.05, 4.69) is 5.10 Å². The van der Waals surface area contributed by atoms with Crippen molar-refractivity contribution in [1.82, 2.24) is 9.78 Å². The van der Waals surface area contributed by atoms with Crippen LogP contribution < -0.4 is 0 Å². The van der Waals surface area contributed by atoms with Crippen LogP contribution in [0.2, 0.25) is 0 Å². The number of carbonyl (C=O) groups is 2. The Bertz CT molecular complexity index is 729. The highest BCUT2D eigenvalue weighted by Gasteiger charge is 2.21. The number of hydrogen-bond acceptors (Lipinski definition) is 5. The van der Waals surface area contributed by atoms with Crippen LogP contribution in [-0.4, -0.2) is 33.4 Å². The molecule has 1 aromatic carbocycles. The van der Waals surface area contributed by atoms with Gasteiger partial charge in [0.2, 0.25) is 0 Å². The molecule has 0 saturated heterocycles. The van der Waals surface area contributed by atoms with Gasteiger partial charge in [0.05, 0.1) is 5.52 Å². The van der Waals surface area contributed by atoms with Crippen molar-refractivity contribution in [2.75, 3.05) is 6.26 Å². The minimum atomic E-state index is -0.550. The molecule has 118 valence electrons. The van der Waals surface area contributed by atoms with Crippen molar-refractivity contribution in [1.29, 1.82) is 0 Å². The first kappa shape index (κ1) is 16.5. The Labute approximate surface area is 134 Å². The van der Waals surface area contributed by atoms with Crippen molar-refractivity contribution < 1.29 is 14.3 Å². The van der Waals surface area contributed by atoms with E-state index in [-0.39, 0.29) is 18.3 Å². The van der Waals surface area contributed by atoms with E-state index >= 15 is 0 Å². The van der Waals surface area contributed by atoms with Gasteiger partial charge in [0.25, 0.3) is 0 Å². The summed E-state index contributed by atoms with van der Waals surface area (Å²) in [7, 11) is 0. The lowest BCUT2D eigenvalue weighted by Crippen LogP contribution is -2.27. The van der Waals surface area contributed by atoms with Crippen LogP contribution >= 0.6 is 11.8 Å². The molecule has 2 rings (SSSR count). The first-order valence-electron chi connectivity index (χ1n) is 6.99. The Morgan fingerprint density at radius 1 is 1.32 bits per heavy atom. The van der Waals surface area contributed by atoms with E-state index < -0.39 is 5.60 Å². The van der Waals surface area contributed by atoms with E-state index in [4.69, 9.17) is 4.74 Å². The van der Waals surface area contributed by atoms with Crippen LogP contribution in [0.15, 0.2) is 23.1 Å². The number of rotatable bonds is 4. The number of thioether (sulfide) groups is 1. The van der Waals surface area contributed by atoms with Gasteiger partial charge >= 0.3 is 5.97 Å². The number of Topliss-reactive ketones (excluding diaryl/α,β-unsaturated/α-hetero) is 1. The molecule has 0 atom stereocenters. The summed E-state index contributed by atoms with van der Waals surface area (Å²) in [6.45, 7) is 6.92. The summed E-state index contributed by atoms with van der Waals surface area (Å²) < 4.78 is 6.90. The van der Waals surface area contributed by atoms with E-state index in [9.17, 15) is 9.59 Å². The number of esters is 1. The minimum Gasteiger partial charge on any atom is -0.459 e. The quantitative estimate of drug-likeness (QED) is 0.491. The van der Waals surface area contributed by atoms with Gasteiger partial charge < -0.3 is 4.74 Å². The van der Waals surface area contributed by atoms with Gasteiger partial charge in [-0.1, -0.05) is 12.1 Å². The van der Waals surface area contributed by atoms with Gasteiger partial charge in [-0.25, -0.2) is 0 Å². The Kier molecular flexibility index (Phi) is 4.60. The number of benzene rings is 1. The van der Waals surface area contributed by atoms with Crippen LogP contribution in [-0.2, 0) is 16.1 Å². The molecule has 2 aromatic rings. The second-order valence-electron chi connectivity index (χ2n) is 6.01. The molecule has 0 amide bonds. The monoisotopic (exact) mass is 320 g/mol. The molecule has 0 aliphatic heterocycles. The van der Waals surface area contributed by atoms with E-state index in [1.165, 1.54) is 6.92 Å². The van der Waals surface area contributed by atoms with E-state index in [0.717, 1.165) is 15.8 Å². The summed E-state index contributed by atoms with van der Waals surface area (Å²) >= 11 is 1.55. The molecular formula is C16H20N2O3S. The number of ketones is 1. The third kappa shape index (κ3) is 3.50. The highest BCUT2D eigenvalue weighted by Crippen LogP contribution is 2.29. The molecule has 0 radical (unpaired) electrons. The number of carbonyl (C=O) groups excluding carboxylic acids is 2. The van der Waals surface area contributed by atoms with Crippen molar-refractivity contribution >= 4 is 34.4 Å². The smallest absolute Gasteiger partial charge is 0.328 e. The zero-order valence-electron chi connectivity index (χ0n) is 13.5. The predicted octanol–water partition coefficient (Wildman–Crippen LogP) is 3.30. The Balaban J connectivity index is 2.49. The lowest BCUT2D eigenvalue weighted by molar-refractivity contribution is -0.155. The summed E-state index contributed by atoms with van der Waals surface area (Å²) in [5.41, 5.74) is 0.631. The predicted molar refractivity (Wildman–Crippen MR) is 87.4 cm³/mol. The molecule has 0 spiro atoms. The maximum atomic E-state index is 12.1. The number of nitrogens with zero attached hydrogens (tertiary/aromatic N) is 2. The van der Waals surface area contributed by atoms with Crippen molar-refractivity contribution in [3.8, 4) is 0 Å². The lowest BCUT2D eigenvalue weighted by Gasteiger charge is -2.19. The fourth-order valence-corrected chi connectivity index (χ4v) is 2.86. The van der Waals surface area contributed by atoms with Gasteiger partial charge in [-0.2, -0.15) is 5.10 Å². The van der Waals surface area contributed by atoms with Gasteiger partial charge in [0.15, 0.2) is 5.78 Å². The molecule has 0 fully saturated rings. The second-order valence-corrected chi connectivity index (χ2v) is 6.85. The van der Waals surface area contributed by atoms with Crippen LogP contribution in [0.25, 0.3) is 10.9 Å². The first-order valence-corrected chi connectivity index (χ1v) is 8.21. The van der Waals surface area contributed by atoms with E-state index in [1.54, 1.807) is 16.4 Å². The molecule has 5 nitrogen and oxygen atoms in total. The van der Waals surface area contributed by atoms with Crippen molar-refractivity contribution in [2.24, 2.45) is 0 Å². The number of fused-ring (bicyclic) bond motifs is 1. The number of hydrogen-bond donors (Lipinski definition) is 0. The maximum Gasteiger partial charge on any atom is 0.328 e. The third-order valence-corrected chi connectivity index (χ3v) is 3.75. The van der Waals surface area contributed by atoms with Gasteiger partial charge in [0.1, 0.15) is 17.8 Å². The number of ether oxygens (including phenoxy) is 1. The van der Waals surface area contributed by atoms with Crippen molar-refractivity contribution in [3.63, 3.8) is 0 Å². The van der Waals surface area contributed by atoms with Crippen LogP contribution in [0.4, 0.5) is 0 Å². The molecule has 0 bridgehead atoms. The molecule has 0 aliphatic rings. The lowest BCUT2D eigenvalue weighted by atomic mass is 10.1. The Morgan fingerprint density at radius 3 is 2.55 bits per heavy atom. The SMILES string of the molecule is CSc1cccc2c(C(C)=O)nn(CC(=O)OC(C)(C)C)c12. The van der Waals surface area contributed by atoms with Crippen LogP contribution in [0.5, 0.6) is 0 Å². The van der Waals surface area contributed by atoms with Crippen molar-refractivity contribution in [2.45, 2.75) is 44.7 Å². The molecule has 0 unspecified atom stereocenters. The fraction of sp³-hybridized carbons (Fsp3) is 0.438.